The fourth-order valence-electron chi connectivity index (χ4n) is 1.41. The molecule has 0 aliphatic carbocycles. The number of aromatic nitrogens is 1. The van der Waals surface area contributed by atoms with E-state index in [0.717, 1.165) is 6.20 Å². The third kappa shape index (κ3) is 3.40. The number of hydrogen-bond acceptors (Lipinski definition) is 5. The standard InChI is InChI=1S/C12H10FN4O3/c13-9-3-1-2-4-10(9)15-12(18)16-11-6-5-8(7-14-11)17(19)20/h1-7,19H,(H2,14,15,16,18)/q-1. The molecule has 3 N–H and O–H groups in total. The molecule has 104 valence electrons. The van der Waals surface area contributed by atoms with Crippen LogP contribution in [0.2, 0.25) is 0 Å². The number of nitrogens with zero attached hydrogens (tertiary/aromatic N) is 2. The first-order valence-electron chi connectivity index (χ1n) is 5.51. The molecule has 0 radical (unpaired) electrons. The molecule has 1 heterocycles. The molecule has 0 atom stereocenters. The molecule has 1 aromatic heterocycles. The highest BCUT2D eigenvalue weighted by molar-refractivity contribution is 5.99. The van der Waals surface area contributed by atoms with Crippen LogP contribution >= 0.6 is 0 Å². The lowest BCUT2D eigenvalue weighted by molar-refractivity contribution is 0.262. The Morgan fingerprint density at radius 2 is 2.00 bits per heavy atom. The molecule has 2 amide bonds. The molecular formula is C12H10FN4O3-. The van der Waals surface area contributed by atoms with Gasteiger partial charge in [0.15, 0.2) is 0 Å². The fraction of sp³-hybridized carbons (Fsp3) is 0. The summed E-state index contributed by atoms with van der Waals surface area (Å²) in [4.78, 5) is 15.3. The van der Waals surface area contributed by atoms with Crippen molar-refractivity contribution >= 4 is 23.2 Å². The molecule has 2 rings (SSSR count). The molecular weight excluding hydrogens is 267 g/mol. The van der Waals surface area contributed by atoms with Gasteiger partial charge in [0, 0.05) is 0 Å². The van der Waals surface area contributed by atoms with Crippen LogP contribution < -0.4 is 15.9 Å². The van der Waals surface area contributed by atoms with E-state index in [9.17, 15) is 14.4 Å². The van der Waals surface area contributed by atoms with Crippen LogP contribution in [0.15, 0.2) is 42.6 Å². The quantitative estimate of drug-likeness (QED) is 0.748. The Hall–Kier alpha value is -2.71. The molecule has 0 aliphatic rings. The minimum Gasteiger partial charge on any atom is -0.733 e. The van der Waals surface area contributed by atoms with Crippen molar-refractivity contribution in [1.82, 2.24) is 4.98 Å². The summed E-state index contributed by atoms with van der Waals surface area (Å²) in [6, 6.07) is 7.60. The molecule has 0 bridgehead atoms. The van der Waals surface area contributed by atoms with E-state index >= 15 is 0 Å². The highest BCUT2D eigenvalue weighted by atomic mass is 19.1. The van der Waals surface area contributed by atoms with E-state index in [2.05, 4.69) is 15.6 Å². The van der Waals surface area contributed by atoms with Crippen LogP contribution in [-0.2, 0) is 0 Å². The lowest BCUT2D eigenvalue weighted by atomic mass is 10.3. The van der Waals surface area contributed by atoms with Crippen LogP contribution in [0.5, 0.6) is 0 Å². The van der Waals surface area contributed by atoms with Gasteiger partial charge in [0.2, 0.25) is 0 Å². The summed E-state index contributed by atoms with van der Waals surface area (Å²) in [6.45, 7) is 0. The first-order chi connectivity index (χ1) is 9.56. The Morgan fingerprint density at radius 3 is 2.60 bits per heavy atom. The van der Waals surface area contributed by atoms with E-state index < -0.39 is 11.8 Å². The molecule has 0 saturated carbocycles. The van der Waals surface area contributed by atoms with Crippen molar-refractivity contribution in [1.29, 1.82) is 0 Å². The SMILES string of the molecule is O=C(Nc1ccc(N([O-])O)cn1)Nc1ccccc1F. The van der Waals surface area contributed by atoms with Gasteiger partial charge >= 0.3 is 6.03 Å². The Labute approximate surface area is 113 Å². The number of carbonyl (C=O) groups is 1. The van der Waals surface area contributed by atoms with E-state index in [1.807, 2.05) is 0 Å². The maximum Gasteiger partial charge on any atom is 0.324 e. The number of carbonyl (C=O) groups excluding carboxylic acids is 1. The lowest BCUT2D eigenvalue weighted by Gasteiger charge is -2.20. The molecule has 7 nitrogen and oxygen atoms in total. The summed E-state index contributed by atoms with van der Waals surface area (Å²) in [7, 11) is 0. The zero-order valence-corrected chi connectivity index (χ0v) is 10.1. The van der Waals surface area contributed by atoms with Crippen LogP contribution in [0.25, 0.3) is 0 Å². The van der Waals surface area contributed by atoms with Gasteiger partial charge in [-0.1, -0.05) is 12.1 Å². The molecule has 20 heavy (non-hydrogen) atoms. The minimum absolute atomic E-state index is 0.0303. The highest BCUT2D eigenvalue weighted by Gasteiger charge is 2.06. The maximum atomic E-state index is 13.3. The summed E-state index contributed by atoms with van der Waals surface area (Å²) in [5.41, 5.74) is -0.0484. The van der Waals surface area contributed by atoms with Crippen molar-refractivity contribution in [3.05, 3.63) is 53.6 Å². The van der Waals surface area contributed by atoms with Gasteiger partial charge in [0.05, 0.1) is 17.6 Å². The van der Waals surface area contributed by atoms with Crippen molar-refractivity contribution in [3.63, 3.8) is 0 Å². The van der Waals surface area contributed by atoms with Gasteiger partial charge in [-0.3, -0.25) is 10.5 Å². The van der Waals surface area contributed by atoms with Gasteiger partial charge in [0.1, 0.15) is 11.6 Å². The van der Waals surface area contributed by atoms with Gasteiger partial charge < -0.3 is 15.8 Å². The number of pyridine rings is 1. The number of anilines is 3. The number of nitrogens with one attached hydrogen (secondary N) is 2. The van der Waals surface area contributed by atoms with Crippen molar-refractivity contribution in [2.75, 3.05) is 15.9 Å². The Morgan fingerprint density at radius 1 is 1.25 bits per heavy atom. The monoisotopic (exact) mass is 277 g/mol. The molecule has 0 fully saturated rings. The van der Waals surface area contributed by atoms with Gasteiger partial charge in [-0.15, -0.1) is 0 Å². The molecule has 0 aliphatic heterocycles. The Bertz CT molecular complexity index is 604. The van der Waals surface area contributed by atoms with E-state index in [1.54, 1.807) is 6.07 Å². The number of amides is 2. The minimum atomic E-state index is -0.682. The molecule has 0 spiro atoms. The average Bonchev–Trinajstić information content (AvgIpc) is 2.42. The topological polar surface area (TPSA) is 101 Å². The first kappa shape index (κ1) is 13.7. The van der Waals surface area contributed by atoms with Crippen LogP contribution in [0.3, 0.4) is 0 Å². The van der Waals surface area contributed by atoms with Crippen LogP contribution in [0, 0.1) is 11.0 Å². The highest BCUT2D eigenvalue weighted by Crippen LogP contribution is 2.14. The number of benzene rings is 1. The second kappa shape index (κ2) is 5.95. The number of rotatable bonds is 3. The molecule has 2 aromatic rings. The number of halogens is 1. The molecule has 0 saturated heterocycles. The van der Waals surface area contributed by atoms with E-state index in [1.165, 1.54) is 30.3 Å². The van der Waals surface area contributed by atoms with Crippen LogP contribution in [0.1, 0.15) is 0 Å². The lowest BCUT2D eigenvalue weighted by Crippen LogP contribution is -2.20. The molecule has 8 heteroatoms. The average molecular weight is 277 g/mol. The summed E-state index contributed by atoms with van der Waals surface area (Å²) in [5, 5.41) is 23.5. The van der Waals surface area contributed by atoms with E-state index in [-0.39, 0.29) is 22.4 Å². The van der Waals surface area contributed by atoms with Crippen LogP contribution in [0.4, 0.5) is 26.4 Å². The summed E-state index contributed by atoms with van der Waals surface area (Å²) < 4.78 is 13.3. The zero-order chi connectivity index (χ0) is 14.5. The fourth-order valence-corrected chi connectivity index (χ4v) is 1.41. The summed E-state index contributed by atoms with van der Waals surface area (Å²) in [6.07, 6.45) is 1.08. The Balaban J connectivity index is 1.99. The first-order valence-corrected chi connectivity index (χ1v) is 5.51. The second-order valence-electron chi connectivity index (χ2n) is 3.73. The van der Waals surface area contributed by atoms with Gasteiger partial charge in [0.25, 0.3) is 0 Å². The number of para-hydroxylation sites is 1. The van der Waals surface area contributed by atoms with Crippen LogP contribution in [-0.4, -0.2) is 16.2 Å². The normalized spacial score (nSPS) is 9.95. The van der Waals surface area contributed by atoms with Gasteiger partial charge in [-0.25, -0.2) is 14.2 Å². The molecule has 0 unspecified atom stereocenters. The summed E-state index contributed by atoms with van der Waals surface area (Å²) in [5.74, 6) is -0.419. The third-order valence-electron chi connectivity index (χ3n) is 2.33. The zero-order valence-electron chi connectivity index (χ0n) is 10.1. The second-order valence-corrected chi connectivity index (χ2v) is 3.73. The predicted molar refractivity (Wildman–Crippen MR) is 70.9 cm³/mol. The van der Waals surface area contributed by atoms with E-state index in [4.69, 9.17) is 5.21 Å². The third-order valence-corrected chi connectivity index (χ3v) is 2.33. The van der Waals surface area contributed by atoms with Gasteiger partial charge in [-0.05, 0) is 24.3 Å². The van der Waals surface area contributed by atoms with Crippen molar-refractivity contribution < 1.29 is 14.4 Å². The van der Waals surface area contributed by atoms with Gasteiger partial charge in [-0.2, -0.15) is 0 Å². The number of urea groups is 1. The van der Waals surface area contributed by atoms with Crippen molar-refractivity contribution in [3.8, 4) is 0 Å². The Kier molecular flexibility index (Phi) is 4.08. The molecule has 1 aromatic carbocycles. The summed E-state index contributed by atoms with van der Waals surface area (Å²) >= 11 is 0. The van der Waals surface area contributed by atoms with Crippen molar-refractivity contribution in [2.24, 2.45) is 0 Å². The largest absolute Gasteiger partial charge is 0.733 e. The van der Waals surface area contributed by atoms with Crippen molar-refractivity contribution in [2.45, 2.75) is 0 Å². The number of hydrogen-bond donors (Lipinski definition) is 3. The maximum absolute atomic E-state index is 13.3. The van der Waals surface area contributed by atoms with E-state index in [0.29, 0.717) is 0 Å². The smallest absolute Gasteiger partial charge is 0.324 e. The predicted octanol–water partition coefficient (Wildman–Crippen LogP) is 2.56.